The standard InChI is InChI=1S/C18H23FO2Si/c1-2-3-15-20-22(21-16-14-19,17-10-6-4-7-11-17)18-12-8-5-9-13-18/h4-13H,2-3,14-16H2,1H3. The third kappa shape index (κ3) is 4.03. The Morgan fingerprint density at radius 3 is 1.77 bits per heavy atom. The Hall–Kier alpha value is -1.49. The van der Waals surface area contributed by atoms with Gasteiger partial charge in [-0.1, -0.05) is 74.0 Å². The highest BCUT2D eigenvalue weighted by Crippen LogP contribution is 2.11. The third-order valence-electron chi connectivity index (χ3n) is 3.49. The van der Waals surface area contributed by atoms with Crippen molar-refractivity contribution < 1.29 is 13.2 Å². The highest BCUT2D eigenvalue weighted by molar-refractivity contribution is 6.92. The van der Waals surface area contributed by atoms with Crippen molar-refractivity contribution in [3.8, 4) is 0 Å². The SMILES string of the molecule is CCCCO[Si](OCCF)(c1ccccc1)c1ccccc1. The van der Waals surface area contributed by atoms with Gasteiger partial charge in [-0.2, -0.15) is 0 Å². The number of alkyl halides is 1. The monoisotopic (exact) mass is 318 g/mol. The van der Waals surface area contributed by atoms with Crippen LogP contribution >= 0.6 is 0 Å². The maximum absolute atomic E-state index is 12.8. The lowest BCUT2D eigenvalue weighted by Crippen LogP contribution is -2.63. The maximum atomic E-state index is 12.8. The predicted molar refractivity (Wildman–Crippen MR) is 90.7 cm³/mol. The summed E-state index contributed by atoms with van der Waals surface area (Å²) in [5, 5.41) is 2.04. The van der Waals surface area contributed by atoms with Crippen LogP contribution in [-0.4, -0.2) is 28.4 Å². The van der Waals surface area contributed by atoms with Crippen molar-refractivity contribution in [3.63, 3.8) is 0 Å². The van der Waals surface area contributed by atoms with Crippen molar-refractivity contribution in [3.05, 3.63) is 60.7 Å². The molecule has 0 saturated heterocycles. The second-order valence-electron chi connectivity index (χ2n) is 5.09. The molecule has 0 aliphatic rings. The lowest BCUT2D eigenvalue weighted by molar-refractivity contribution is 0.176. The quantitative estimate of drug-likeness (QED) is 0.523. The fraction of sp³-hybridized carbons (Fsp3) is 0.333. The zero-order valence-electron chi connectivity index (χ0n) is 13.0. The summed E-state index contributed by atoms with van der Waals surface area (Å²) in [6.07, 6.45) is 2.02. The second kappa shape index (κ2) is 8.83. The van der Waals surface area contributed by atoms with Gasteiger partial charge in [0.25, 0.3) is 0 Å². The summed E-state index contributed by atoms with van der Waals surface area (Å²) in [7, 11) is -2.85. The normalized spacial score (nSPS) is 11.5. The Balaban J connectivity index is 2.43. The molecule has 2 aromatic carbocycles. The van der Waals surface area contributed by atoms with Gasteiger partial charge in [0.1, 0.15) is 6.67 Å². The zero-order valence-corrected chi connectivity index (χ0v) is 14.0. The summed E-state index contributed by atoms with van der Waals surface area (Å²) in [4.78, 5) is 0. The van der Waals surface area contributed by atoms with Gasteiger partial charge in [-0.05, 0) is 16.8 Å². The molecule has 4 heteroatoms. The summed E-state index contributed by atoms with van der Waals surface area (Å²) in [6, 6.07) is 19.9. The predicted octanol–water partition coefficient (Wildman–Crippen LogP) is 3.05. The molecule has 2 nitrogen and oxygen atoms in total. The van der Waals surface area contributed by atoms with Crippen molar-refractivity contribution in [1.29, 1.82) is 0 Å². The van der Waals surface area contributed by atoms with E-state index in [0.29, 0.717) is 6.61 Å². The fourth-order valence-corrected chi connectivity index (χ4v) is 5.54. The van der Waals surface area contributed by atoms with Gasteiger partial charge in [0.05, 0.1) is 6.61 Å². The van der Waals surface area contributed by atoms with Crippen LogP contribution in [0.15, 0.2) is 60.7 Å². The Morgan fingerprint density at radius 2 is 1.32 bits per heavy atom. The Bertz CT molecular complexity index is 494. The van der Waals surface area contributed by atoms with Crippen LogP contribution in [0.5, 0.6) is 0 Å². The topological polar surface area (TPSA) is 18.5 Å². The van der Waals surface area contributed by atoms with Crippen LogP contribution in [0.25, 0.3) is 0 Å². The van der Waals surface area contributed by atoms with E-state index in [1.54, 1.807) is 0 Å². The van der Waals surface area contributed by atoms with Crippen LogP contribution < -0.4 is 10.4 Å². The van der Waals surface area contributed by atoms with E-state index >= 15 is 0 Å². The molecule has 0 fully saturated rings. The van der Waals surface area contributed by atoms with Gasteiger partial charge < -0.3 is 8.85 Å². The third-order valence-corrected chi connectivity index (χ3v) is 6.90. The van der Waals surface area contributed by atoms with E-state index in [0.717, 1.165) is 23.2 Å². The average molecular weight is 318 g/mol. The van der Waals surface area contributed by atoms with Crippen LogP contribution in [0.4, 0.5) is 4.39 Å². The second-order valence-corrected chi connectivity index (χ2v) is 8.05. The highest BCUT2D eigenvalue weighted by atomic mass is 28.4. The van der Waals surface area contributed by atoms with E-state index in [4.69, 9.17) is 8.85 Å². The molecule has 0 aromatic heterocycles. The van der Waals surface area contributed by atoms with Gasteiger partial charge in [-0.25, -0.2) is 4.39 Å². The van der Waals surface area contributed by atoms with Crippen molar-refractivity contribution in [2.75, 3.05) is 19.9 Å². The molecule has 0 spiro atoms. The molecular weight excluding hydrogens is 295 g/mol. The number of hydrogen-bond acceptors (Lipinski definition) is 2. The van der Waals surface area contributed by atoms with E-state index in [1.807, 2.05) is 60.7 Å². The molecule has 0 heterocycles. The van der Waals surface area contributed by atoms with Gasteiger partial charge >= 0.3 is 8.56 Å². The van der Waals surface area contributed by atoms with Crippen molar-refractivity contribution >= 4 is 18.9 Å². The van der Waals surface area contributed by atoms with Gasteiger partial charge in [-0.3, -0.25) is 0 Å². The zero-order chi connectivity index (χ0) is 15.7. The summed E-state index contributed by atoms with van der Waals surface area (Å²) >= 11 is 0. The molecule has 0 radical (unpaired) electrons. The Labute approximate surface area is 133 Å². The van der Waals surface area contributed by atoms with Gasteiger partial charge in [0.2, 0.25) is 0 Å². The number of unbranched alkanes of at least 4 members (excludes halogenated alkanes) is 1. The Morgan fingerprint density at radius 1 is 0.818 bits per heavy atom. The van der Waals surface area contributed by atoms with Crippen molar-refractivity contribution in [1.82, 2.24) is 0 Å². The number of rotatable bonds is 9. The van der Waals surface area contributed by atoms with E-state index in [9.17, 15) is 4.39 Å². The molecule has 0 aliphatic carbocycles. The first-order chi connectivity index (χ1) is 10.8. The average Bonchev–Trinajstić information content (AvgIpc) is 2.60. The van der Waals surface area contributed by atoms with Crippen LogP contribution in [0.1, 0.15) is 19.8 Å². The largest absolute Gasteiger partial charge is 0.407 e. The first kappa shape index (κ1) is 16.9. The molecule has 0 unspecified atom stereocenters. The minimum Gasteiger partial charge on any atom is -0.388 e. The molecule has 0 N–H and O–H groups in total. The summed E-state index contributed by atoms with van der Waals surface area (Å²) < 4.78 is 25.1. The first-order valence-corrected chi connectivity index (χ1v) is 9.60. The molecule has 0 amide bonds. The summed E-state index contributed by atoms with van der Waals surface area (Å²) in [5.41, 5.74) is 0. The highest BCUT2D eigenvalue weighted by Gasteiger charge is 2.42. The lowest BCUT2D eigenvalue weighted by Gasteiger charge is -2.31. The van der Waals surface area contributed by atoms with Crippen LogP contribution in [0, 0.1) is 0 Å². The van der Waals surface area contributed by atoms with E-state index < -0.39 is 15.2 Å². The van der Waals surface area contributed by atoms with Crippen LogP contribution in [0.2, 0.25) is 0 Å². The van der Waals surface area contributed by atoms with Crippen LogP contribution in [0.3, 0.4) is 0 Å². The molecule has 2 aromatic rings. The summed E-state index contributed by atoms with van der Waals surface area (Å²) in [5.74, 6) is 0. The number of hydrogen-bond donors (Lipinski definition) is 0. The van der Waals surface area contributed by atoms with Gasteiger partial charge in [0.15, 0.2) is 0 Å². The molecule has 118 valence electrons. The first-order valence-electron chi connectivity index (χ1n) is 7.78. The molecule has 0 saturated carbocycles. The number of halogens is 1. The maximum Gasteiger partial charge on any atom is 0.407 e. The fourth-order valence-electron chi connectivity index (χ4n) is 2.40. The molecule has 22 heavy (non-hydrogen) atoms. The minimum atomic E-state index is -2.85. The molecule has 2 rings (SSSR count). The van der Waals surface area contributed by atoms with E-state index in [-0.39, 0.29) is 6.61 Å². The Kier molecular flexibility index (Phi) is 6.77. The van der Waals surface area contributed by atoms with E-state index in [2.05, 4.69) is 6.92 Å². The van der Waals surface area contributed by atoms with Gasteiger partial charge in [0, 0.05) is 6.61 Å². The minimum absolute atomic E-state index is 0.0577. The van der Waals surface area contributed by atoms with Crippen LogP contribution in [-0.2, 0) is 8.85 Å². The summed E-state index contributed by atoms with van der Waals surface area (Å²) in [6.45, 7) is 2.30. The molecule has 0 aliphatic heterocycles. The lowest BCUT2D eigenvalue weighted by atomic mass is 10.4. The van der Waals surface area contributed by atoms with Crippen molar-refractivity contribution in [2.24, 2.45) is 0 Å². The number of benzene rings is 2. The molecular formula is C18H23FO2Si. The van der Waals surface area contributed by atoms with E-state index in [1.165, 1.54) is 0 Å². The van der Waals surface area contributed by atoms with Gasteiger partial charge in [-0.15, -0.1) is 0 Å². The van der Waals surface area contributed by atoms with Crippen molar-refractivity contribution in [2.45, 2.75) is 19.8 Å². The smallest absolute Gasteiger partial charge is 0.388 e. The molecule has 0 atom stereocenters. The molecule has 0 bridgehead atoms.